The summed E-state index contributed by atoms with van der Waals surface area (Å²) >= 11 is 0. The first-order valence-corrected chi connectivity index (χ1v) is 6.21. The van der Waals surface area contributed by atoms with Gasteiger partial charge in [-0.25, -0.2) is 0 Å². The molecule has 94 valence electrons. The average molecular weight is 235 g/mol. The van der Waals surface area contributed by atoms with Crippen LogP contribution >= 0.6 is 0 Å². The lowest BCUT2D eigenvalue weighted by atomic mass is 10.1. The van der Waals surface area contributed by atoms with Gasteiger partial charge in [-0.05, 0) is 31.9 Å². The second kappa shape index (κ2) is 7.85. The number of esters is 1. The van der Waals surface area contributed by atoms with Crippen LogP contribution in [0.2, 0.25) is 0 Å². The van der Waals surface area contributed by atoms with Crippen molar-refractivity contribution in [3.63, 3.8) is 0 Å². The van der Waals surface area contributed by atoms with Gasteiger partial charge in [-0.1, -0.05) is 37.3 Å². The first-order chi connectivity index (χ1) is 8.27. The third-order valence-corrected chi connectivity index (χ3v) is 2.49. The van der Waals surface area contributed by atoms with E-state index in [-0.39, 0.29) is 12.0 Å². The number of ether oxygens (including phenoxy) is 1. The minimum atomic E-state index is -0.239. The summed E-state index contributed by atoms with van der Waals surface area (Å²) in [6.07, 6.45) is 1.68. The summed E-state index contributed by atoms with van der Waals surface area (Å²) in [5.41, 5.74) is 1.15. The lowest BCUT2D eigenvalue weighted by molar-refractivity contribution is -0.145. The summed E-state index contributed by atoms with van der Waals surface area (Å²) in [6.45, 7) is 5.17. The van der Waals surface area contributed by atoms with Crippen LogP contribution in [0.15, 0.2) is 30.3 Å². The van der Waals surface area contributed by atoms with Crippen LogP contribution in [0, 0.1) is 0 Å². The largest absolute Gasteiger partial charge is 0.465 e. The third kappa shape index (κ3) is 5.00. The minimum Gasteiger partial charge on any atom is -0.465 e. The lowest BCUT2D eigenvalue weighted by Gasteiger charge is -2.16. The van der Waals surface area contributed by atoms with Crippen molar-refractivity contribution in [3.8, 4) is 0 Å². The summed E-state index contributed by atoms with van der Waals surface area (Å²) in [4.78, 5) is 11.8. The molecule has 1 aromatic rings. The van der Waals surface area contributed by atoms with E-state index in [1.165, 1.54) is 0 Å². The van der Waals surface area contributed by atoms with E-state index in [2.05, 4.69) is 12.2 Å². The summed E-state index contributed by atoms with van der Waals surface area (Å²) in [5, 5.41) is 3.23. The topological polar surface area (TPSA) is 38.3 Å². The number of hydrogen-bond donors (Lipinski definition) is 1. The molecular formula is C14H21NO2. The molecule has 0 fully saturated rings. The first kappa shape index (κ1) is 13.7. The Hall–Kier alpha value is -1.35. The van der Waals surface area contributed by atoms with Gasteiger partial charge in [-0.3, -0.25) is 4.79 Å². The van der Waals surface area contributed by atoms with Gasteiger partial charge in [0.15, 0.2) is 0 Å². The quantitative estimate of drug-likeness (QED) is 0.736. The SMILES string of the molecule is CCCN[C@@H](Cc1ccccc1)C(=O)OCC. The van der Waals surface area contributed by atoms with E-state index in [4.69, 9.17) is 4.74 Å². The lowest BCUT2D eigenvalue weighted by Crippen LogP contribution is -2.40. The maximum Gasteiger partial charge on any atom is 0.323 e. The Morgan fingerprint density at radius 2 is 2.00 bits per heavy atom. The van der Waals surface area contributed by atoms with Gasteiger partial charge in [0.1, 0.15) is 6.04 Å². The Labute approximate surface area is 103 Å². The van der Waals surface area contributed by atoms with E-state index in [1.54, 1.807) is 0 Å². The van der Waals surface area contributed by atoms with Crippen molar-refractivity contribution in [1.29, 1.82) is 0 Å². The molecule has 3 nitrogen and oxygen atoms in total. The monoisotopic (exact) mass is 235 g/mol. The van der Waals surface area contributed by atoms with Crippen molar-refractivity contribution >= 4 is 5.97 Å². The maximum atomic E-state index is 11.8. The smallest absolute Gasteiger partial charge is 0.323 e. The molecule has 1 N–H and O–H groups in total. The fourth-order valence-electron chi connectivity index (χ4n) is 1.65. The van der Waals surface area contributed by atoms with Crippen LogP contribution in [-0.4, -0.2) is 25.2 Å². The molecule has 0 saturated heterocycles. The highest BCUT2D eigenvalue weighted by atomic mass is 16.5. The van der Waals surface area contributed by atoms with Gasteiger partial charge in [0.25, 0.3) is 0 Å². The van der Waals surface area contributed by atoms with E-state index in [0.717, 1.165) is 18.5 Å². The molecule has 1 rings (SSSR count). The molecule has 0 amide bonds. The molecule has 3 heteroatoms. The number of nitrogens with one attached hydrogen (secondary N) is 1. The van der Waals surface area contributed by atoms with Crippen LogP contribution in [0.3, 0.4) is 0 Å². The molecule has 0 spiro atoms. The number of rotatable bonds is 7. The fraction of sp³-hybridized carbons (Fsp3) is 0.500. The highest BCUT2D eigenvalue weighted by molar-refractivity contribution is 5.76. The minimum absolute atomic E-state index is 0.162. The molecule has 0 saturated carbocycles. The van der Waals surface area contributed by atoms with Gasteiger partial charge in [0, 0.05) is 0 Å². The normalized spacial score (nSPS) is 12.1. The van der Waals surface area contributed by atoms with E-state index in [1.807, 2.05) is 37.3 Å². The van der Waals surface area contributed by atoms with Crippen LogP contribution in [0.4, 0.5) is 0 Å². The van der Waals surface area contributed by atoms with Crippen molar-refractivity contribution in [1.82, 2.24) is 5.32 Å². The molecule has 0 aliphatic rings. The molecule has 0 aliphatic carbocycles. The summed E-state index contributed by atoms with van der Waals surface area (Å²) in [5.74, 6) is -0.162. The van der Waals surface area contributed by atoms with E-state index in [9.17, 15) is 4.79 Å². The van der Waals surface area contributed by atoms with Crippen molar-refractivity contribution in [2.24, 2.45) is 0 Å². The first-order valence-electron chi connectivity index (χ1n) is 6.21. The zero-order valence-electron chi connectivity index (χ0n) is 10.6. The van der Waals surface area contributed by atoms with E-state index < -0.39 is 0 Å². The molecule has 0 aliphatic heterocycles. The van der Waals surface area contributed by atoms with Crippen LogP contribution in [0.5, 0.6) is 0 Å². The highest BCUT2D eigenvalue weighted by Gasteiger charge is 2.18. The zero-order valence-corrected chi connectivity index (χ0v) is 10.6. The van der Waals surface area contributed by atoms with Gasteiger partial charge in [0.2, 0.25) is 0 Å². The third-order valence-electron chi connectivity index (χ3n) is 2.49. The van der Waals surface area contributed by atoms with Crippen molar-refractivity contribution in [2.45, 2.75) is 32.7 Å². The van der Waals surface area contributed by atoms with Crippen molar-refractivity contribution in [2.75, 3.05) is 13.2 Å². The van der Waals surface area contributed by atoms with Gasteiger partial charge >= 0.3 is 5.97 Å². The Kier molecular flexibility index (Phi) is 6.33. The Balaban J connectivity index is 2.59. The van der Waals surface area contributed by atoms with Gasteiger partial charge < -0.3 is 10.1 Å². The number of hydrogen-bond acceptors (Lipinski definition) is 3. The van der Waals surface area contributed by atoms with Gasteiger partial charge in [-0.15, -0.1) is 0 Å². The maximum absolute atomic E-state index is 11.8. The molecule has 0 aromatic heterocycles. The predicted octanol–water partition coefficient (Wildman–Crippen LogP) is 2.16. The van der Waals surface area contributed by atoms with Crippen LogP contribution < -0.4 is 5.32 Å². The summed E-state index contributed by atoms with van der Waals surface area (Å²) in [6, 6.07) is 9.76. The van der Waals surface area contributed by atoms with Crippen LogP contribution in [0.1, 0.15) is 25.8 Å². The molecule has 0 heterocycles. The van der Waals surface area contributed by atoms with Crippen LogP contribution in [-0.2, 0) is 16.0 Å². The van der Waals surface area contributed by atoms with Gasteiger partial charge in [0.05, 0.1) is 6.61 Å². The average Bonchev–Trinajstić information content (AvgIpc) is 2.36. The van der Waals surface area contributed by atoms with Crippen molar-refractivity contribution < 1.29 is 9.53 Å². The molecular weight excluding hydrogens is 214 g/mol. The van der Waals surface area contributed by atoms with Gasteiger partial charge in [-0.2, -0.15) is 0 Å². The molecule has 17 heavy (non-hydrogen) atoms. The standard InChI is InChI=1S/C14H21NO2/c1-3-10-15-13(14(16)17-4-2)11-12-8-6-5-7-9-12/h5-9,13,15H,3-4,10-11H2,1-2H3/t13-/m0/s1. The number of benzene rings is 1. The predicted molar refractivity (Wildman–Crippen MR) is 68.9 cm³/mol. The van der Waals surface area contributed by atoms with E-state index >= 15 is 0 Å². The Morgan fingerprint density at radius 1 is 1.29 bits per heavy atom. The van der Waals surface area contributed by atoms with E-state index in [0.29, 0.717) is 13.0 Å². The molecule has 1 aromatic carbocycles. The fourth-order valence-corrected chi connectivity index (χ4v) is 1.65. The number of carbonyl (C=O) groups is 1. The second-order valence-electron chi connectivity index (χ2n) is 3.95. The Bertz CT molecular complexity index is 324. The molecule has 0 radical (unpaired) electrons. The summed E-state index contributed by atoms with van der Waals surface area (Å²) in [7, 11) is 0. The molecule has 0 unspecified atom stereocenters. The number of carbonyl (C=O) groups excluding carboxylic acids is 1. The summed E-state index contributed by atoms with van der Waals surface area (Å²) < 4.78 is 5.07. The highest BCUT2D eigenvalue weighted by Crippen LogP contribution is 2.04. The van der Waals surface area contributed by atoms with Crippen molar-refractivity contribution in [3.05, 3.63) is 35.9 Å². The molecule has 0 bridgehead atoms. The van der Waals surface area contributed by atoms with Crippen LogP contribution in [0.25, 0.3) is 0 Å². The zero-order chi connectivity index (χ0) is 12.5. The Morgan fingerprint density at radius 3 is 2.59 bits per heavy atom. The molecule has 1 atom stereocenters. The second-order valence-corrected chi connectivity index (χ2v) is 3.95.